The van der Waals surface area contributed by atoms with E-state index in [9.17, 15) is 38.4 Å². The second-order valence-electron chi connectivity index (χ2n) is 21.3. The number of ketones is 2. The standard InChI is InChI=1S/C62H65N7O11/c1-36-22-47-49(63-32-44-27-41-12-5-8-16-51(41)68(44)61(47)76)30-54(36)79-34-39-24-40(35-80-56-31-50-48(29-55(56)78-4)62(77)69-45(33-64-50)28-42-13-6-9-17-52(42)69)26-43(25-39)66-60(75)37(2)23-53(71)38(3)65-57(72)18-10-7-14-46(70)15-11-21-67-58(73)19-20-59(67)74/h5-6,8-9,12-13,16-17,19-20,22,24-26,29-31,37-38,44-45,63-64H,7,10-11,14-15,18,21,23,27-28,32-35H2,1-4H3,(H,65,72)(H,66,75)/t37?,38?,44-,45-/m0/s1. The molecule has 18 nitrogen and oxygen atoms in total. The van der Waals surface area contributed by atoms with Gasteiger partial charge in [0, 0.05) is 92.6 Å². The molecule has 18 heteroatoms. The number of anilines is 5. The molecule has 5 aromatic carbocycles. The average molecular weight is 1080 g/mol. The number of amides is 6. The zero-order valence-electron chi connectivity index (χ0n) is 45.4. The van der Waals surface area contributed by atoms with Gasteiger partial charge in [-0.05, 0) is 116 Å². The number of Topliss-reactive ketones (excluding diaryl/α,β-unsaturated/α-hetero) is 2. The van der Waals surface area contributed by atoms with Gasteiger partial charge in [-0.3, -0.25) is 43.3 Å². The van der Waals surface area contributed by atoms with Crippen LogP contribution < -0.4 is 45.3 Å². The van der Waals surface area contributed by atoms with Crippen LogP contribution in [0, 0.1) is 12.8 Å². The van der Waals surface area contributed by atoms with E-state index in [1.54, 1.807) is 38.1 Å². The lowest BCUT2D eigenvalue weighted by molar-refractivity contribution is -0.137. The Morgan fingerprint density at radius 1 is 0.662 bits per heavy atom. The Bertz CT molecular complexity index is 3340. The molecule has 4 N–H and O–H groups in total. The van der Waals surface area contributed by atoms with E-state index in [1.807, 2.05) is 71.3 Å². The summed E-state index contributed by atoms with van der Waals surface area (Å²) in [7, 11) is 1.52. The van der Waals surface area contributed by atoms with Gasteiger partial charge in [-0.1, -0.05) is 43.3 Å². The zero-order chi connectivity index (χ0) is 56.2. The van der Waals surface area contributed by atoms with Crippen LogP contribution in [0.4, 0.5) is 28.4 Å². The van der Waals surface area contributed by atoms with Gasteiger partial charge in [0.2, 0.25) is 11.8 Å². The number of fused-ring (bicyclic) bond motifs is 8. The zero-order valence-corrected chi connectivity index (χ0v) is 45.4. The van der Waals surface area contributed by atoms with Crippen LogP contribution in [0.25, 0.3) is 0 Å². The van der Waals surface area contributed by atoms with Crippen LogP contribution >= 0.6 is 0 Å². The van der Waals surface area contributed by atoms with E-state index in [0.29, 0.717) is 88.9 Å². The Labute approximate surface area is 464 Å². The molecule has 80 heavy (non-hydrogen) atoms. The number of carbonyl (C=O) groups is 8. The van der Waals surface area contributed by atoms with Crippen molar-refractivity contribution in [1.82, 2.24) is 10.2 Å². The molecule has 5 heterocycles. The molecule has 6 amide bonds. The van der Waals surface area contributed by atoms with Gasteiger partial charge in [0.25, 0.3) is 23.6 Å². The first kappa shape index (κ1) is 54.6. The fourth-order valence-corrected chi connectivity index (χ4v) is 11.2. The maximum atomic E-state index is 14.1. The molecule has 414 valence electrons. The molecule has 5 aliphatic heterocycles. The van der Waals surface area contributed by atoms with Gasteiger partial charge in [-0.15, -0.1) is 0 Å². The van der Waals surface area contributed by atoms with Crippen molar-refractivity contribution in [2.45, 2.75) is 110 Å². The molecule has 0 fully saturated rings. The summed E-state index contributed by atoms with van der Waals surface area (Å²) in [6.45, 7) is 6.49. The first-order valence-corrected chi connectivity index (χ1v) is 27.4. The molecule has 0 bridgehead atoms. The van der Waals surface area contributed by atoms with Crippen molar-refractivity contribution >= 4 is 75.4 Å². The molecule has 5 aromatic rings. The third kappa shape index (κ3) is 11.8. The van der Waals surface area contributed by atoms with Crippen LogP contribution in [0.2, 0.25) is 0 Å². The highest BCUT2D eigenvalue weighted by Gasteiger charge is 2.39. The maximum absolute atomic E-state index is 14.1. The number of nitrogens with one attached hydrogen (secondary N) is 4. The first-order chi connectivity index (χ1) is 38.6. The molecule has 0 saturated heterocycles. The number of rotatable bonds is 22. The molecule has 10 rings (SSSR count). The number of nitrogens with zero attached hydrogens (tertiary/aromatic N) is 3. The minimum Gasteiger partial charge on any atom is -0.493 e. The van der Waals surface area contributed by atoms with Gasteiger partial charge >= 0.3 is 0 Å². The summed E-state index contributed by atoms with van der Waals surface area (Å²) < 4.78 is 18.8. The van der Waals surface area contributed by atoms with Crippen LogP contribution in [0.15, 0.2) is 103 Å². The van der Waals surface area contributed by atoms with Crippen molar-refractivity contribution in [2.75, 3.05) is 52.5 Å². The summed E-state index contributed by atoms with van der Waals surface area (Å²) in [5.41, 5.74) is 8.95. The second-order valence-corrected chi connectivity index (χ2v) is 21.3. The molecule has 4 atom stereocenters. The first-order valence-electron chi connectivity index (χ1n) is 27.4. The highest BCUT2D eigenvalue weighted by atomic mass is 16.5. The van der Waals surface area contributed by atoms with Crippen LogP contribution in [-0.4, -0.2) is 96.8 Å². The number of hydrogen-bond acceptors (Lipinski definition) is 13. The lowest BCUT2D eigenvalue weighted by Gasteiger charge is -2.23. The third-order valence-electron chi connectivity index (χ3n) is 15.5. The molecular formula is C62H65N7O11. The number of unbranched alkanes of at least 4 members (excludes halogenated alkanes) is 1. The molecule has 0 aliphatic carbocycles. The number of imide groups is 1. The number of para-hydroxylation sites is 2. The number of methoxy groups -OCH3 is 1. The minimum absolute atomic E-state index is 0.0234. The third-order valence-corrected chi connectivity index (χ3v) is 15.5. The smallest absolute Gasteiger partial charge is 0.260 e. The Hall–Kier alpha value is -8.80. The van der Waals surface area contributed by atoms with Crippen molar-refractivity contribution < 1.29 is 52.6 Å². The summed E-state index contributed by atoms with van der Waals surface area (Å²) in [6, 6.07) is 27.6. The molecule has 0 spiro atoms. The van der Waals surface area contributed by atoms with Crippen molar-refractivity contribution in [3.8, 4) is 17.2 Å². The number of benzene rings is 5. The quantitative estimate of drug-likeness (QED) is 0.0381. The number of hydrogen-bond donors (Lipinski definition) is 4. The molecule has 0 radical (unpaired) electrons. The van der Waals surface area contributed by atoms with Gasteiger partial charge in [0.05, 0.1) is 47.7 Å². The van der Waals surface area contributed by atoms with E-state index in [0.717, 1.165) is 45.8 Å². The summed E-state index contributed by atoms with van der Waals surface area (Å²) >= 11 is 0. The SMILES string of the molecule is COc1cc2c(cc1OCc1cc(COc3cc4c(cc3C)C(=O)N3c5ccccc5C[C@H]3CN4)cc(NC(=O)C(C)CC(=O)C(C)NC(=O)CCCCC(=O)CCCN3C(=O)C=CC3=O)c1)NC[C@@H]1Cc3ccccc3N1C2=O. The van der Waals surface area contributed by atoms with Gasteiger partial charge in [0.15, 0.2) is 17.3 Å². The number of ether oxygens (including phenoxy) is 3. The highest BCUT2D eigenvalue weighted by Crippen LogP contribution is 2.42. The van der Waals surface area contributed by atoms with Gasteiger partial charge < -0.3 is 45.3 Å². The predicted octanol–water partition coefficient (Wildman–Crippen LogP) is 8.03. The monoisotopic (exact) mass is 1080 g/mol. The van der Waals surface area contributed by atoms with Crippen molar-refractivity contribution in [3.05, 3.63) is 142 Å². The minimum atomic E-state index is -0.861. The Morgan fingerprint density at radius 2 is 1.21 bits per heavy atom. The Balaban J connectivity index is 0.793. The van der Waals surface area contributed by atoms with Crippen LogP contribution in [0.1, 0.15) is 107 Å². The number of aryl methyl sites for hydroxylation is 1. The molecular weight excluding hydrogens is 1020 g/mol. The summed E-state index contributed by atoms with van der Waals surface area (Å²) in [4.78, 5) is 109. The van der Waals surface area contributed by atoms with Crippen molar-refractivity contribution in [1.29, 1.82) is 0 Å². The number of carbonyl (C=O) groups excluding carboxylic acids is 8. The summed E-state index contributed by atoms with van der Waals surface area (Å²) in [5.74, 6) is -1.54. The summed E-state index contributed by atoms with van der Waals surface area (Å²) in [6.07, 6.45) is 5.60. The lowest BCUT2D eigenvalue weighted by Crippen LogP contribution is -2.39. The maximum Gasteiger partial charge on any atom is 0.260 e. The van der Waals surface area contributed by atoms with Crippen molar-refractivity contribution in [2.24, 2.45) is 5.92 Å². The van der Waals surface area contributed by atoms with Gasteiger partial charge in [-0.2, -0.15) is 0 Å². The topological polar surface area (TPSA) is 222 Å². The van der Waals surface area contributed by atoms with Gasteiger partial charge in [0.1, 0.15) is 24.7 Å². The highest BCUT2D eigenvalue weighted by molar-refractivity contribution is 6.14. The van der Waals surface area contributed by atoms with E-state index in [1.165, 1.54) is 19.3 Å². The lowest BCUT2D eigenvalue weighted by atomic mass is 9.99. The Kier molecular flexibility index (Phi) is 16.1. The van der Waals surface area contributed by atoms with Crippen LogP contribution in [0.5, 0.6) is 17.2 Å². The van der Waals surface area contributed by atoms with E-state index >= 15 is 0 Å². The molecule has 0 saturated carbocycles. The Morgan fingerprint density at radius 3 is 1.82 bits per heavy atom. The van der Waals surface area contributed by atoms with Crippen LogP contribution in [-0.2, 0) is 54.8 Å². The fourth-order valence-electron chi connectivity index (χ4n) is 11.2. The predicted molar refractivity (Wildman–Crippen MR) is 301 cm³/mol. The van der Waals surface area contributed by atoms with E-state index < -0.39 is 17.9 Å². The normalized spacial score (nSPS) is 17.3. The van der Waals surface area contributed by atoms with E-state index in [2.05, 4.69) is 33.4 Å². The molecule has 0 aromatic heterocycles. The van der Waals surface area contributed by atoms with Crippen LogP contribution in [0.3, 0.4) is 0 Å². The average Bonchev–Trinajstić information content (AvgIpc) is 4.18. The van der Waals surface area contributed by atoms with Gasteiger partial charge in [-0.25, -0.2) is 0 Å². The summed E-state index contributed by atoms with van der Waals surface area (Å²) in [5, 5.41) is 12.7. The molecule has 5 aliphatic rings. The fraction of sp³-hybridized carbons (Fsp3) is 0.355. The molecule has 2 unspecified atom stereocenters. The largest absolute Gasteiger partial charge is 0.493 e. The van der Waals surface area contributed by atoms with Crippen molar-refractivity contribution in [3.63, 3.8) is 0 Å². The van der Waals surface area contributed by atoms with E-state index in [4.69, 9.17) is 14.2 Å². The second kappa shape index (κ2) is 23.7. The van der Waals surface area contributed by atoms with E-state index in [-0.39, 0.29) is 98.6 Å².